The van der Waals surface area contributed by atoms with E-state index in [9.17, 15) is 4.79 Å². The summed E-state index contributed by atoms with van der Waals surface area (Å²) in [6, 6.07) is 5.49. The van der Waals surface area contributed by atoms with Crippen molar-refractivity contribution in [1.82, 2.24) is 10.6 Å². The number of rotatable bonds is 2. The lowest BCUT2D eigenvalue weighted by molar-refractivity contribution is -0.122. The zero-order valence-electron chi connectivity index (χ0n) is 11.7. The monoisotopic (exact) mass is 274 g/mol. The number of hydrogen-bond donors (Lipinski definition) is 1. The van der Waals surface area contributed by atoms with E-state index in [2.05, 4.69) is 10.2 Å². The van der Waals surface area contributed by atoms with E-state index in [0.29, 0.717) is 23.9 Å². The third-order valence-corrected chi connectivity index (χ3v) is 4.37. The zero-order valence-corrected chi connectivity index (χ0v) is 11.7. The molecule has 0 bridgehead atoms. The second kappa shape index (κ2) is 5.42. The number of likely N-dealkylation sites (tertiary alicyclic amines) is 1. The molecule has 0 aliphatic carbocycles. The highest BCUT2D eigenvalue weighted by Crippen LogP contribution is 2.31. The van der Waals surface area contributed by atoms with Crippen LogP contribution in [-0.4, -0.2) is 43.2 Å². The van der Waals surface area contributed by atoms with Gasteiger partial charge in [0.25, 0.3) is 0 Å². The van der Waals surface area contributed by atoms with Gasteiger partial charge in [0.1, 0.15) is 0 Å². The van der Waals surface area contributed by atoms with Crippen LogP contribution in [0.25, 0.3) is 0 Å². The number of hydrogen-bond acceptors (Lipinski definition) is 3. The zero-order chi connectivity index (χ0) is 14.1. The van der Waals surface area contributed by atoms with Gasteiger partial charge < -0.3 is 10.1 Å². The predicted molar refractivity (Wildman–Crippen MR) is 76.9 cm³/mol. The quantitative estimate of drug-likeness (QED) is 0.890. The van der Waals surface area contributed by atoms with Crippen molar-refractivity contribution >= 4 is 17.3 Å². The van der Waals surface area contributed by atoms with Crippen molar-refractivity contribution in [1.29, 1.82) is 0 Å². The summed E-state index contributed by atoms with van der Waals surface area (Å²) in [6.07, 6.45) is 2.98. The lowest BCUT2D eigenvalue weighted by atomic mass is 9.95. The Hall–Kier alpha value is -1.59. The summed E-state index contributed by atoms with van der Waals surface area (Å²) in [5.74, 6) is 0.0214. The summed E-state index contributed by atoms with van der Waals surface area (Å²) in [7, 11) is 1.75. The number of ether oxygens (including phenoxy) is 1. The lowest BCUT2D eigenvalue weighted by Gasteiger charge is -2.38. The smallest absolute Gasteiger partial charge is 0.242 e. The van der Waals surface area contributed by atoms with Crippen molar-refractivity contribution in [3.05, 3.63) is 23.8 Å². The van der Waals surface area contributed by atoms with Gasteiger partial charge in [0, 0.05) is 20.2 Å². The van der Waals surface area contributed by atoms with Crippen LogP contribution in [0.2, 0.25) is 0 Å². The Morgan fingerprint density at radius 1 is 1.35 bits per heavy atom. The van der Waals surface area contributed by atoms with Gasteiger partial charge in [0.15, 0.2) is 0 Å². The third kappa shape index (κ3) is 2.39. The number of para-hydroxylation sites is 1. The molecule has 2 N–H and O–H groups in total. The van der Waals surface area contributed by atoms with Gasteiger partial charge in [-0.25, -0.2) is 0 Å². The summed E-state index contributed by atoms with van der Waals surface area (Å²) in [5, 5.41) is 2.90. The van der Waals surface area contributed by atoms with E-state index in [1.165, 1.54) is 0 Å². The van der Waals surface area contributed by atoms with E-state index < -0.39 is 0 Å². The Labute approximate surface area is 119 Å². The molecule has 1 radical (unpaired) electrons. The van der Waals surface area contributed by atoms with Gasteiger partial charge in [0.05, 0.1) is 23.5 Å². The summed E-state index contributed by atoms with van der Waals surface area (Å²) >= 11 is 0. The average molecular weight is 274 g/mol. The first-order chi connectivity index (χ1) is 9.69. The van der Waals surface area contributed by atoms with Gasteiger partial charge in [-0.1, -0.05) is 12.1 Å². The number of piperidine rings is 1. The number of methoxy groups -OCH3 is 1. The average Bonchev–Trinajstić information content (AvgIpc) is 2.48. The Kier molecular flexibility index (Phi) is 3.63. The van der Waals surface area contributed by atoms with Crippen LogP contribution in [-0.2, 0) is 16.0 Å². The first kappa shape index (κ1) is 13.4. The van der Waals surface area contributed by atoms with Gasteiger partial charge in [-0.05, 0) is 30.9 Å². The molecule has 2 heterocycles. The molecule has 0 spiro atoms. The molecule has 1 fully saturated rings. The fourth-order valence-corrected chi connectivity index (χ4v) is 3.14. The van der Waals surface area contributed by atoms with Crippen molar-refractivity contribution in [2.45, 2.75) is 31.4 Å². The Morgan fingerprint density at radius 3 is 2.80 bits per heavy atom. The Morgan fingerprint density at radius 2 is 2.10 bits per heavy atom. The molecule has 1 unspecified atom stereocenters. The topological polar surface area (TPSA) is 65.4 Å². The van der Waals surface area contributed by atoms with Gasteiger partial charge in [-0.2, -0.15) is 0 Å². The fraction of sp³-hybridized carbons (Fsp3) is 0.533. The highest BCUT2D eigenvalue weighted by atomic mass is 16.5. The molecular weight excluding hydrogens is 254 g/mol. The fourth-order valence-electron chi connectivity index (χ4n) is 3.14. The Balaban J connectivity index is 1.75. The summed E-state index contributed by atoms with van der Waals surface area (Å²) in [5.41, 5.74) is 10.00. The number of benzene rings is 1. The minimum absolute atomic E-state index is 0.0214. The first-order valence-electron chi connectivity index (χ1n) is 7.10. The van der Waals surface area contributed by atoms with Crippen LogP contribution in [0.4, 0.5) is 11.4 Å². The minimum Gasteiger partial charge on any atom is -0.381 e. The van der Waals surface area contributed by atoms with Crippen LogP contribution >= 0.6 is 0 Å². The normalized spacial score (nSPS) is 24.2. The van der Waals surface area contributed by atoms with Crippen molar-refractivity contribution < 1.29 is 9.53 Å². The number of nitrogens with zero attached hydrogens (tertiary/aromatic N) is 1. The van der Waals surface area contributed by atoms with Crippen molar-refractivity contribution in [2.24, 2.45) is 0 Å². The van der Waals surface area contributed by atoms with E-state index in [4.69, 9.17) is 10.5 Å². The van der Waals surface area contributed by atoms with Crippen molar-refractivity contribution in [3.8, 4) is 0 Å². The largest absolute Gasteiger partial charge is 0.381 e. The number of carbonyl (C=O) groups excluding carboxylic acids is 1. The Bertz CT molecular complexity index is 510. The van der Waals surface area contributed by atoms with Crippen LogP contribution in [0.15, 0.2) is 18.2 Å². The van der Waals surface area contributed by atoms with E-state index in [1.807, 2.05) is 12.1 Å². The van der Waals surface area contributed by atoms with Gasteiger partial charge >= 0.3 is 0 Å². The molecule has 5 nitrogen and oxygen atoms in total. The van der Waals surface area contributed by atoms with Gasteiger partial charge in [-0.3, -0.25) is 15.4 Å². The molecule has 1 amide bonds. The van der Waals surface area contributed by atoms with Crippen LogP contribution in [0.5, 0.6) is 0 Å². The molecule has 1 aromatic carbocycles. The number of nitrogens with one attached hydrogen (secondary N) is 2. The summed E-state index contributed by atoms with van der Waals surface area (Å²) in [6.45, 7) is 1.79. The molecule has 0 aromatic heterocycles. The number of amides is 1. The van der Waals surface area contributed by atoms with E-state index >= 15 is 0 Å². The molecule has 107 valence electrons. The highest BCUT2D eigenvalue weighted by Gasteiger charge is 2.34. The second-order valence-electron chi connectivity index (χ2n) is 5.52. The molecule has 5 heteroatoms. The van der Waals surface area contributed by atoms with E-state index in [-0.39, 0.29) is 11.9 Å². The summed E-state index contributed by atoms with van der Waals surface area (Å²) in [4.78, 5) is 14.5. The standard InChI is InChI=1S/C15H20N3O2/c1-20-11-5-7-18(8-6-11)13-9-10-3-2-4-12(16)14(10)17-15(13)19/h2-4,11,13,16H,5-9H2,1H3,(H,17,19). The minimum atomic E-state index is -0.109. The number of anilines is 1. The molecule has 2 aliphatic heterocycles. The molecule has 3 rings (SSSR count). The van der Waals surface area contributed by atoms with Crippen LogP contribution in [0, 0.1) is 0 Å². The van der Waals surface area contributed by atoms with E-state index in [1.54, 1.807) is 13.2 Å². The maximum absolute atomic E-state index is 12.3. The SMILES string of the molecule is COC1CCN(C2Cc3cccc([NH])c3NC2=O)CC1. The number of fused-ring (bicyclic) bond motifs is 1. The molecule has 1 aromatic rings. The van der Waals surface area contributed by atoms with Gasteiger partial charge in [0.2, 0.25) is 5.91 Å². The first-order valence-corrected chi connectivity index (χ1v) is 7.10. The molecule has 1 atom stereocenters. The molecule has 0 saturated carbocycles. The second-order valence-corrected chi connectivity index (χ2v) is 5.52. The summed E-state index contributed by atoms with van der Waals surface area (Å²) < 4.78 is 5.37. The van der Waals surface area contributed by atoms with Crippen molar-refractivity contribution in [2.75, 3.05) is 25.5 Å². The predicted octanol–water partition coefficient (Wildman–Crippen LogP) is 1.57. The van der Waals surface area contributed by atoms with E-state index in [0.717, 1.165) is 31.5 Å². The number of carbonyl (C=O) groups is 1. The maximum Gasteiger partial charge on any atom is 0.242 e. The van der Waals surface area contributed by atoms with Crippen LogP contribution in [0.1, 0.15) is 18.4 Å². The van der Waals surface area contributed by atoms with Crippen molar-refractivity contribution in [3.63, 3.8) is 0 Å². The molecule has 20 heavy (non-hydrogen) atoms. The maximum atomic E-state index is 12.3. The highest BCUT2D eigenvalue weighted by molar-refractivity contribution is 6.00. The third-order valence-electron chi connectivity index (χ3n) is 4.37. The molecule has 1 saturated heterocycles. The lowest BCUT2D eigenvalue weighted by Crippen LogP contribution is -2.51. The molecular formula is C15H20N3O2. The van der Waals surface area contributed by atoms with Crippen LogP contribution in [0.3, 0.4) is 0 Å². The molecule has 2 aliphatic rings. The van der Waals surface area contributed by atoms with Gasteiger partial charge in [-0.15, -0.1) is 0 Å². The van der Waals surface area contributed by atoms with Crippen LogP contribution < -0.4 is 11.1 Å².